The molecule has 1 aromatic rings. The zero-order valence-corrected chi connectivity index (χ0v) is 11.2. The van der Waals surface area contributed by atoms with Crippen molar-refractivity contribution in [2.75, 3.05) is 20.3 Å². The fourth-order valence-corrected chi connectivity index (χ4v) is 2.47. The SMILES string of the molecule is COc1cccc(C(=O)N2CCCCC2CON)c1. The average molecular weight is 264 g/mol. The predicted octanol–water partition coefficient (Wildman–Crippen LogP) is 1.58. The lowest BCUT2D eigenvalue weighted by molar-refractivity contribution is 0.0313. The van der Waals surface area contributed by atoms with Crippen LogP contribution in [0.2, 0.25) is 0 Å². The predicted molar refractivity (Wildman–Crippen MR) is 71.8 cm³/mol. The van der Waals surface area contributed by atoms with Crippen molar-refractivity contribution < 1.29 is 14.4 Å². The van der Waals surface area contributed by atoms with E-state index >= 15 is 0 Å². The number of rotatable bonds is 4. The Morgan fingerprint density at radius 2 is 2.32 bits per heavy atom. The van der Waals surface area contributed by atoms with Crippen LogP contribution in [-0.2, 0) is 4.84 Å². The van der Waals surface area contributed by atoms with E-state index in [1.54, 1.807) is 19.2 Å². The molecule has 5 nitrogen and oxygen atoms in total. The van der Waals surface area contributed by atoms with Gasteiger partial charge >= 0.3 is 0 Å². The number of likely N-dealkylation sites (tertiary alicyclic amines) is 1. The zero-order valence-electron chi connectivity index (χ0n) is 11.2. The number of carbonyl (C=O) groups excluding carboxylic acids is 1. The summed E-state index contributed by atoms with van der Waals surface area (Å²) in [7, 11) is 1.59. The molecule has 1 saturated heterocycles. The molecule has 1 fully saturated rings. The quantitative estimate of drug-likeness (QED) is 0.839. The van der Waals surface area contributed by atoms with E-state index < -0.39 is 0 Å². The number of ether oxygens (including phenoxy) is 1. The largest absolute Gasteiger partial charge is 0.497 e. The Bertz CT molecular complexity index is 434. The monoisotopic (exact) mass is 264 g/mol. The Morgan fingerprint density at radius 3 is 3.05 bits per heavy atom. The van der Waals surface area contributed by atoms with Crippen LogP contribution in [0.25, 0.3) is 0 Å². The van der Waals surface area contributed by atoms with Crippen molar-refractivity contribution in [2.45, 2.75) is 25.3 Å². The van der Waals surface area contributed by atoms with Gasteiger partial charge in [-0.3, -0.25) is 4.79 Å². The van der Waals surface area contributed by atoms with Gasteiger partial charge in [-0.2, -0.15) is 0 Å². The van der Waals surface area contributed by atoms with E-state index in [1.165, 1.54) is 0 Å². The van der Waals surface area contributed by atoms with E-state index in [-0.39, 0.29) is 11.9 Å². The Morgan fingerprint density at radius 1 is 1.47 bits per heavy atom. The van der Waals surface area contributed by atoms with Gasteiger partial charge in [0.05, 0.1) is 19.8 Å². The first-order valence-electron chi connectivity index (χ1n) is 6.53. The minimum atomic E-state index is 0.0145. The third-order valence-corrected chi connectivity index (χ3v) is 3.49. The van der Waals surface area contributed by atoms with Crippen LogP contribution in [0.15, 0.2) is 24.3 Å². The summed E-state index contributed by atoms with van der Waals surface area (Å²) in [6.45, 7) is 1.14. The number of nitrogens with zero attached hydrogens (tertiary/aromatic N) is 1. The van der Waals surface area contributed by atoms with Crippen molar-refractivity contribution >= 4 is 5.91 Å². The van der Waals surface area contributed by atoms with Crippen molar-refractivity contribution in [3.05, 3.63) is 29.8 Å². The summed E-state index contributed by atoms with van der Waals surface area (Å²) < 4.78 is 5.15. The second-order valence-corrected chi connectivity index (χ2v) is 4.71. The van der Waals surface area contributed by atoms with Gasteiger partial charge in [0.15, 0.2) is 0 Å². The van der Waals surface area contributed by atoms with Crippen LogP contribution in [0.4, 0.5) is 0 Å². The smallest absolute Gasteiger partial charge is 0.254 e. The maximum absolute atomic E-state index is 12.5. The van der Waals surface area contributed by atoms with Crippen molar-refractivity contribution in [1.29, 1.82) is 0 Å². The number of amides is 1. The lowest BCUT2D eigenvalue weighted by Crippen LogP contribution is -2.46. The molecule has 0 aliphatic carbocycles. The lowest BCUT2D eigenvalue weighted by Gasteiger charge is -2.35. The highest BCUT2D eigenvalue weighted by Crippen LogP contribution is 2.21. The highest BCUT2D eigenvalue weighted by atomic mass is 16.6. The van der Waals surface area contributed by atoms with E-state index in [1.807, 2.05) is 17.0 Å². The summed E-state index contributed by atoms with van der Waals surface area (Å²) in [4.78, 5) is 19.1. The van der Waals surface area contributed by atoms with Crippen LogP contribution >= 0.6 is 0 Å². The molecule has 1 atom stereocenters. The molecule has 5 heteroatoms. The molecule has 1 heterocycles. The van der Waals surface area contributed by atoms with Gasteiger partial charge < -0.3 is 14.5 Å². The Hall–Kier alpha value is -1.59. The molecule has 2 N–H and O–H groups in total. The molecule has 0 saturated carbocycles. The van der Waals surface area contributed by atoms with Crippen LogP contribution in [0, 0.1) is 0 Å². The van der Waals surface area contributed by atoms with Gasteiger partial charge in [0.1, 0.15) is 5.75 Å². The number of carbonyl (C=O) groups is 1. The molecule has 0 radical (unpaired) electrons. The summed E-state index contributed by atoms with van der Waals surface area (Å²) in [5.74, 6) is 5.85. The summed E-state index contributed by atoms with van der Waals surface area (Å²) in [5, 5.41) is 0. The average Bonchev–Trinajstić information content (AvgIpc) is 2.47. The van der Waals surface area contributed by atoms with Crippen LogP contribution in [0.3, 0.4) is 0 Å². The zero-order chi connectivity index (χ0) is 13.7. The van der Waals surface area contributed by atoms with Gasteiger partial charge in [-0.15, -0.1) is 0 Å². The van der Waals surface area contributed by atoms with Crippen LogP contribution in [0.1, 0.15) is 29.6 Å². The molecule has 19 heavy (non-hydrogen) atoms. The van der Waals surface area contributed by atoms with Crippen molar-refractivity contribution in [2.24, 2.45) is 5.90 Å². The standard InChI is InChI=1S/C14H20N2O3/c1-18-13-7-4-5-11(9-13)14(17)16-8-3-2-6-12(16)10-19-15/h4-5,7,9,12H,2-3,6,8,10,15H2,1H3. The normalized spacial score (nSPS) is 19.3. The molecule has 1 aliphatic rings. The fourth-order valence-electron chi connectivity index (χ4n) is 2.47. The first-order chi connectivity index (χ1) is 9.26. The molecule has 104 valence electrons. The van der Waals surface area contributed by atoms with E-state index in [2.05, 4.69) is 0 Å². The molecule has 1 amide bonds. The second-order valence-electron chi connectivity index (χ2n) is 4.71. The maximum atomic E-state index is 12.5. The number of nitrogens with two attached hydrogens (primary N) is 1. The molecule has 1 unspecified atom stereocenters. The second kappa shape index (κ2) is 6.54. The summed E-state index contributed by atoms with van der Waals surface area (Å²) in [6, 6.07) is 7.28. The minimum absolute atomic E-state index is 0.0145. The van der Waals surface area contributed by atoms with Gasteiger partial charge in [0, 0.05) is 12.1 Å². The summed E-state index contributed by atoms with van der Waals surface area (Å²) in [5.41, 5.74) is 0.642. The Kier molecular flexibility index (Phi) is 4.76. The fraction of sp³-hybridized carbons (Fsp3) is 0.500. The van der Waals surface area contributed by atoms with Gasteiger partial charge in [-0.25, -0.2) is 5.90 Å². The first-order valence-corrected chi connectivity index (χ1v) is 6.53. The van der Waals surface area contributed by atoms with Crippen LogP contribution in [-0.4, -0.2) is 37.1 Å². The number of hydrogen-bond acceptors (Lipinski definition) is 4. The summed E-state index contributed by atoms with van der Waals surface area (Å²) in [6.07, 6.45) is 3.07. The number of benzene rings is 1. The van der Waals surface area contributed by atoms with Crippen LogP contribution < -0.4 is 10.6 Å². The summed E-state index contributed by atoms with van der Waals surface area (Å²) >= 11 is 0. The van der Waals surface area contributed by atoms with E-state index in [4.69, 9.17) is 15.5 Å². The molecule has 1 aliphatic heterocycles. The Labute approximate surface area is 113 Å². The van der Waals surface area contributed by atoms with Gasteiger partial charge in [-0.1, -0.05) is 6.07 Å². The van der Waals surface area contributed by atoms with Crippen molar-refractivity contribution in [3.8, 4) is 5.75 Å². The molecule has 0 aromatic heterocycles. The molecular weight excluding hydrogens is 244 g/mol. The molecule has 0 spiro atoms. The number of hydrogen-bond donors (Lipinski definition) is 1. The molecular formula is C14H20N2O3. The highest BCUT2D eigenvalue weighted by Gasteiger charge is 2.27. The van der Waals surface area contributed by atoms with E-state index in [0.29, 0.717) is 17.9 Å². The maximum Gasteiger partial charge on any atom is 0.254 e. The van der Waals surface area contributed by atoms with Gasteiger partial charge in [-0.05, 0) is 37.5 Å². The van der Waals surface area contributed by atoms with E-state index in [0.717, 1.165) is 25.8 Å². The van der Waals surface area contributed by atoms with Crippen LogP contribution in [0.5, 0.6) is 5.75 Å². The third kappa shape index (κ3) is 3.24. The highest BCUT2D eigenvalue weighted by molar-refractivity contribution is 5.94. The third-order valence-electron chi connectivity index (χ3n) is 3.49. The van der Waals surface area contributed by atoms with Gasteiger partial charge in [0.2, 0.25) is 0 Å². The Balaban J connectivity index is 2.16. The number of methoxy groups -OCH3 is 1. The van der Waals surface area contributed by atoms with Crippen molar-refractivity contribution in [1.82, 2.24) is 4.90 Å². The first kappa shape index (κ1) is 13.8. The lowest BCUT2D eigenvalue weighted by atomic mass is 10.0. The van der Waals surface area contributed by atoms with E-state index in [9.17, 15) is 4.79 Å². The van der Waals surface area contributed by atoms with Crippen molar-refractivity contribution in [3.63, 3.8) is 0 Å². The molecule has 2 rings (SSSR count). The molecule has 0 bridgehead atoms. The van der Waals surface area contributed by atoms with Gasteiger partial charge in [0.25, 0.3) is 5.91 Å². The number of piperidine rings is 1. The minimum Gasteiger partial charge on any atom is -0.497 e. The topological polar surface area (TPSA) is 64.8 Å². The molecule has 1 aromatic carbocycles.